The lowest BCUT2D eigenvalue weighted by molar-refractivity contribution is 0.122. The van der Waals surface area contributed by atoms with E-state index < -0.39 is 0 Å². The predicted molar refractivity (Wildman–Crippen MR) is 120 cm³/mol. The summed E-state index contributed by atoms with van der Waals surface area (Å²) in [5, 5.41) is 5.02. The molecule has 1 atom stereocenters. The van der Waals surface area contributed by atoms with Crippen LogP contribution in [-0.4, -0.2) is 64.9 Å². The zero-order valence-corrected chi connectivity index (χ0v) is 17.6. The summed E-state index contributed by atoms with van der Waals surface area (Å²) in [6.45, 7) is 6.35. The number of benzene rings is 1. The Hall–Kier alpha value is -2.64. The van der Waals surface area contributed by atoms with Crippen molar-refractivity contribution in [1.82, 2.24) is 19.4 Å². The molecular formula is C23H30N6O. The Labute approximate surface area is 177 Å². The van der Waals surface area contributed by atoms with E-state index in [2.05, 4.69) is 62.2 Å². The highest BCUT2D eigenvalue weighted by Crippen LogP contribution is 2.24. The molecule has 7 nitrogen and oxygen atoms in total. The minimum atomic E-state index is 0.404. The molecule has 1 aromatic carbocycles. The van der Waals surface area contributed by atoms with Crippen LogP contribution in [0.3, 0.4) is 0 Å². The number of morpholine rings is 1. The number of aryl methyl sites for hydroxylation is 1. The zero-order valence-electron chi connectivity index (χ0n) is 17.6. The standard InChI is InChI=1S/C23H30N6O/c1-27-15-18(20-6-2-3-7-21(20)27)16-28-10-4-5-19(17-28)25-22-8-9-24-23(26-22)29-11-13-30-14-12-29/h2-3,6-9,15,19H,4-5,10-14,16-17H2,1H3,(H,24,25,26). The van der Waals surface area contributed by atoms with Gasteiger partial charge in [0.1, 0.15) is 5.82 Å². The first kappa shape index (κ1) is 19.3. The molecule has 2 aliphatic rings. The molecule has 0 radical (unpaired) electrons. The number of aromatic nitrogens is 3. The average molecular weight is 407 g/mol. The third kappa shape index (κ3) is 4.13. The molecule has 2 fully saturated rings. The van der Waals surface area contributed by atoms with Gasteiger partial charge >= 0.3 is 0 Å². The number of para-hydroxylation sites is 1. The Morgan fingerprint density at radius 2 is 2.00 bits per heavy atom. The second-order valence-electron chi connectivity index (χ2n) is 8.34. The van der Waals surface area contributed by atoms with E-state index in [4.69, 9.17) is 9.72 Å². The smallest absolute Gasteiger partial charge is 0.227 e. The van der Waals surface area contributed by atoms with Crippen LogP contribution in [0.2, 0.25) is 0 Å². The number of fused-ring (bicyclic) bond motifs is 1. The van der Waals surface area contributed by atoms with Gasteiger partial charge in [-0.1, -0.05) is 18.2 Å². The minimum Gasteiger partial charge on any atom is -0.378 e. The van der Waals surface area contributed by atoms with Gasteiger partial charge in [-0.25, -0.2) is 4.98 Å². The predicted octanol–water partition coefficient (Wildman–Crippen LogP) is 2.88. The second-order valence-corrected chi connectivity index (χ2v) is 8.34. The Kier molecular flexibility index (Phi) is 5.55. The fourth-order valence-electron chi connectivity index (χ4n) is 4.66. The van der Waals surface area contributed by atoms with Crippen LogP contribution in [0.4, 0.5) is 11.8 Å². The summed E-state index contributed by atoms with van der Waals surface area (Å²) in [6.07, 6.45) is 6.50. The summed E-state index contributed by atoms with van der Waals surface area (Å²) in [7, 11) is 2.13. The van der Waals surface area contributed by atoms with Crippen LogP contribution in [0.15, 0.2) is 42.7 Å². The molecule has 7 heteroatoms. The quantitative estimate of drug-likeness (QED) is 0.703. The van der Waals surface area contributed by atoms with E-state index >= 15 is 0 Å². The topological polar surface area (TPSA) is 58.5 Å². The lowest BCUT2D eigenvalue weighted by Gasteiger charge is -2.33. The van der Waals surface area contributed by atoms with Gasteiger partial charge in [0.15, 0.2) is 0 Å². The third-order valence-corrected chi connectivity index (χ3v) is 6.17. The summed E-state index contributed by atoms with van der Waals surface area (Å²) in [4.78, 5) is 14.0. The lowest BCUT2D eigenvalue weighted by Crippen LogP contribution is -2.42. The number of anilines is 2. The van der Waals surface area contributed by atoms with Crippen molar-refractivity contribution in [1.29, 1.82) is 0 Å². The number of nitrogens with one attached hydrogen (secondary N) is 1. The molecule has 2 aliphatic heterocycles. The first-order chi connectivity index (χ1) is 14.8. The highest BCUT2D eigenvalue weighted by atomic mass is 16.5. The number of likely N-dealkylation sites (tertiary alicyclic amines) is 1. The van der Waals surface area contributed by atoms with Gasteiger partial charge < -0.3 is 19.5 Å². The maximum atomic E-state index is 5.44. The first-order valence-corrected chi connectivity index (χ1v) is 10.9. The number of piperidine rings is 1. The van der Waals surface area contributed by atoms with Gasteiger partial charge in [-0.05, 0) is 37.1 Å². The van der Waals surface area contributed by atoms with Crippen LogP contribution < -0.4 is 10.2 Å². The highest BCUT2D eigenvalue weighted by Gasteiger charge is 2.22. The second kappa shape index (κ2) is 8.62. The SMILES string of the molecule is Cn1cc(CN2CCCC(Nc3ccnc(N4CCOCC4)n3)C2)c2ccccc21. The van der Waals surface area contributed by atoms with Gasteiger partial charge in [0.25, 0.3) is 0 Å². The average Bonchev–Trinajstić information content (AvgIpc) is 3.10. The number of ether oxygens (including phenoxy) is 1. The maximum absolute atomic E-state index is 5.44. The van der Waals surface area contributed by atoms with Crippen LogP contribution in [-0.2, 0) is 18.3 Å². The van der Waals surface area contributed by atoms with Crippen LogP contribution in [0, 0.1) is 0 Å². The van der Waals surface area contributed by atoms with Crippen molar-refractivity contribution in [2.45, 2.75) is 25.4 Å². The van der Waals surface area contributed by atoms with Crippen molar-refractivity contribution in [2.24, 2.45) is 7.05 Å². The molecule has 1 N–H and O–H groups in total. The van der Waals surface area contributed by atoms with Crippen molar-refractivity contribution < 1.29 is 4.74 Å². The summed E-state index contributed by atoms with van der Waals surface area (Å²) in [6, 6.07) is 11.1. The monoisotopic (exact) mass is 406 g/mol. The normalized spacial score (nSPS) is 20.6. The van der Waals surface area contributed by atoms with E-state index in [1.807, 2.05) is 12.3 Å². The molecular weight excluding hydrogens is 376 g/mol. The molecule has 0 saturated carbocycles. The van der Waals surface area contributed by atoms with E-state index in [9.17, 15) is 0 Å². The fourth-order valence-corrected chi connectivity index (χ4v) is 4.66. The van der Waals surface area contributed by atoms with Crippen LogP contribution >= 0.6 is 0 Å². The number of nitrogens with zero attached hydrogens (tertiary/aromatic N) is 5. The molecule has 3 aromatic rings. The Balaban J connectivity index is 1.24. The largest absolute Gasteiger partial charge is 0.378 e. The maximum Gasteiger partial charge on any atom is 0.227 e. The van der Waals surface area contributed by atoms with E-state index in [-0.39, 0.29) is 0 Å². The molecule has 5 rings (SSSR count). The lowest BCUT2D eigenvalue weighted by atomic mass is 10.0. The summed E-state index contributed by atoms with van der Waals surface area (Å²) in [5.41, 5.74) is 2.71. The Morgan fingerprint density at radius 3 is 2.90 bits per heavy atom. The number of hydrogen-bond acceptors (Lipinski definition) is 6. The van der Waals surface area contributed by atoms with E-state index in [1.165, 1.54) is 29.3 Å². The summed E-state index contributed by atoms with van der Waals surface area (Å²) in [5.74, 6) is 1.72. The molecule has 4 heterocycles. The molecule has 158 valence electrons. The van der Waals surface area contributed by atoms with Gasteiger partial charge in [-0.15, -0.1) is 0 Å². The van der Waals surface area contributed by atoms with Crippen molar-refractivity contribution in [3.8, 4) is 0 Å². The van der Waals surface area contributed by atoms with E-state index in [0.29, 0.717) is 6.04 Å². The molecule has 0 spiro atoms. The van der Waals surface area contributed by atoms with E-state index in [0.717, 1.165) is 57.7 Å². The number of hydrogen-bond donors (Lipinski definition) is 1. The first-order valence-electron chi connectivity index (χ1n) is 10.9. The van der Waals surface area contributed by atoms with Crippen LogP contribution in [0.5, 0.6) is 0 Å². The highest BCUT2D eigenvalue weighted by molar-refractivity contribution is 5.83. The molecule has 0 amide bonds. The molecule has 30 heavy (non-hydrogen) atoms. The molecule has 1 unspecified atom stereocenters. The summed E-state index contributed by atoms with van der Waals surface area (Å²) >= 11 is 0. The van der Waals surface area contributed by atoms with Gasteiger partial charge in [0.05, 0.1) is 13.2 Å². The van der Waals surface area contributed by atoms with Gasteiger partial charge in [-0.2, -0.15) is 4.98 Å². The van der Waals surface area contributed by atoms with Gasteiger partial charge in [0.2, 0.25) is 5.95 Å². The van der Waals surface area contributed by atoms with E-state index in [1.54, 1.807) is 0 Å². The van der Waals surface area contributed by atoms with Crippen molar-refractivity contribution >= 4 is 22.7 Å². The molecule has 2 aromatic heterocycles. The molecule has 0 bridgehead atoms. The molecule has 0 aliphatic carbocycles. The third-order valence-electron chi connectivity index (χ3n) is 6.17. The van der Waals surface area contributed by atoms with Crippen molar-refractivity contribution in [3.05, 3.63) is 48.3 Å². The minimum absolute atomic E-state index is 0.404. The van der Waals surface area contributed by atoms with Gasteiger partial charge in [-0.3, -0.25) is 4.90 Å². The molecule has 2 saturated heterocycles. The van der Waals surface area contributed by atoms with Crippen LogP contribution in [0.25, 0.3) is 10.9 Å². The van der Waals surface area contributed by atoms with Gasteiger partial charge in [0, 0.05) is 62.6 Å². The fraction of sp³-hybridized carbons (Fsp3) is 0.478. The van der Waals surface area contributed by atoms with Crippen LogP contribution in [0.1, 0.15) is 18.4 Å². The van der Waals surface area contributed by atoms with Crippen molar-refractivity contribution in [2.75, 3.05) is 49.6 Å². The Bertz CT molecular complexity index is 996. The Morgan fingerprint density at radius 1 is 1.13 bits per heavy atom. The summed E-state index contributed by atoms with van der Waals surface area (Å²) < 4.78 is 7.68. The van der Waals surface area contributed by atoms with Crippen molar-refractivity contribution in [3.63, 3.8) is 0 Å². The number of rotatable bonds is 5. The zero-order chi connectivity index (χ0) is 20.3.